The summed E-state index contributed by atoms with van der Waals surface area (Å²) in [6.07, 6.45) is 1.42. The Balaban J connectivity index is 2.08. The predicted molar refractivity (Wildman–Crippen MR) is 84.1 cm³/mol. The van der Waals surface area contributed by atoms with E-state index in [4.69, 9.17) is 0 Å². The lowest BCUT2D eigenvalue weighted by Crippen LogP contribution is -2.41. The summed E-state index contributed by atoms with van der Waals surface area (Å²) in [6, 6.07) is -0.767. The number of amides is 2. The van der Waals surface area contributed by atoms with E-state index in [1.165, 1.54) is 27.3 Å². The minimum atomic E-state index is -0.767. The number of esters is 1. The average molecular weight is 335 g/mol. The van der Waals surface area contributed by atoms with Crippen LogP contribution in [0.2, 0.25) is 0 Å². The summed E-state index contributed by atoms with van der Waals surface area (Å²) in [6.45, 7) is 2.69. The third-order valence-corrected chi connectivity index (χ3v) is 2.92. The van der Waals surface area contributed by atoms with Crippen LogP contribution in [-0.4, -0.2) is 57.4 Å². The fourth-order valence-electron chi connectivity index (χ4n) is 1.87. The maximum absolute atomic E-state index is 11.9. The Morgan fingerprint density at radius 2 is 2.08 bits per heavy atom. The lowest BCUT2D eigenvalue weighted by atomic mass is 10.3. The Labute approximate surface area is 136 Å². The minimum Gasteiger partial charge on any atom is -0.467 e. The summed E-state index contributed by atoms with van der Waals surface area (Å²) >= 11 is 0. The van der Waals surface area contributed by atoms with Crippen molar-refractivity contribution in [3.05, 3.63) is 6.33 Å². The van der Waals surface area contributed by atoms with Crippen LogP contribution in [0.15, 0.2) is 6.33 Å². The summed E-state index contributed by atoms with van der Waals surface area (Å²) in [5.74, 6) is -0.954. The van der Waals surface area contributed by atoms with Crippen molar-refractivity contribution < 1.29 is 19.1 Å². The first-order valence-corrected chi connectivity index (χ1v) is 7.00. The van der Waals surface area contributed by atoms with Crippen LogP contribution in [0.3, 0.4) is 0 Å². The van der Waals surface area contributed by atoms with Gasteiger partial charge in [-0.3, -0.25) is 14.9 Å². The highest BCUT2D eigenvalue weighted by atomic mass is 16.5. The topological polar surface area (TPSA) is 151 Å². The lowest BCUT2D eigenvalue weighted by molar-refractivity contribution is -0.144. The number of rotatable bonds is 6. The van der Waals surface area contributed by atoms with Gasteiger partial charge in [0, 0.05) is 6.92 Å². The number of ether oxygens (including phenoxy) is 1. The fraction of sp³-hybridized carbons (Fsp3) is 0.385. The monoisotopic (exact) mass is 335 g/mol. The molecule has 0 aliphatic carbocycles. The van der Waals surface area contributed by atoms with Crippen molar-refractivity contribution in [3.8, 4) is 0 Å². The van der Waals surface area contributed by atoms with Crippen LogP contribution in [0.25, 0.3) is 11.2 Å². The van der Waals surface area contributed by atoms with Crippen LogP contribution < -0.4 is 16.0 Å². The highest BCUT2D eigenvalue weighted by Gasteiger charge is 2.16. The largest absolute Gasteiger partial charge is 0.467 e. The van der Waals surface area contributed by atoms with Crippen molar-refractivity contribution in [1.29, 1.82) is 0 Å². The van der Waals surface area contributed by atoms with Gasteiger partial charge in [-0.2, -0.15) is 9.97 Å². The van der Waals surface area contributed by atoms with Gasteiger partial charge in [0.15, 0.2) is 11.5 Å². The van der Waals surface area contributed by atoms with Crippen molar-refractivity contribution in [1.82, 2.24) is 25.3 Å². The predicted octanol–water partition coefficient (Wildman–Crippen LogP) is -0.599. The second kappa shape index (κ2) is 7.35. The van der Waals surface area contributed by atoms with E-state index in [0.29, 0.717) is 17.0 Å². The number of methoxy groups -OCH3 is 1. The van der Waals surface area contributed by atoms with Gasteiger partial charge >= 0.3 is 5.97 Å². The van der Waals surface area contributed by atoms with Gasteiger partial charge in [0.25, 0.3) is 0 Å². The van der Waals surface area contributed by atoms with E-state index in [0.717, 1.165) is 0 Å². The molecule has 128 valence electrons. The molecule has 0 aliphatic rings. The first-order valence-electron chi connectivity index (χ1n) is 7.00. The van der Waals surface area contributed by atoms with E-state index in [1.807, 2.05) is 0 Å². The molecule has 2 rings (SSSR count). The van der Waals surface area contributed by atoms with Crippen molar-refractivity contribution in [2.24, 2.45) is 0 Å². The fourth-order valence-corrected chi connectivity index (χ4v) is 1.87. The number of H-pyrrole nitrogens is 1. The van der Waals surface area contributed by atoms with Gasteiger partial charge in [-0.15, -0.1) is 0 Å². The molecule has 0 fully saturated rings. The van der Waals surface area contributed by atoms with Crippen molar-refractivity contribution >= 4 is 40.7 Å². The quantitative estimate of drug-likeness (QED) is 0.511. The molecule has 0 spiro atoms. The molecule has 2 heterocycles. The number of carbonyl (C=O) groups excluding carboxylic acids is 3. The number of anilines is 2. The molecule has 0 unspecified atom stereocenters. The molecular formula is C13H17N7O4. The molecule has 2 aromatic heterocycles. The molecule has 0 bridgehead atoms. The second-order valence-electron chi connectivity index (χ2n) is 4.84. The lowest BCUT2D eigenvalue weighted by Gasteiger charge is -2.12. The van der Waals surface area contributed by atoms with Gasteiger partial charge in [-0.1, -0.05) is 0 Å². The van der Waals surface area contributed by atoms with E-state index < -0.39 is 17.9 Å². The normalized spacial score (nSPS) is 11.6. The first-order chi connectivity index (χ1) is 11.4. The molecule has 0 aliphatic heterocycles. The highest BCUT2D eigenvalue weighted by Crippen LogP contribution is 2.18. The third-order valence-electron chi connectivity index (χ3n) is 2.92. The Hall–Kier alpha value is -3.24. The Morgan fingerprint density at radius 1 is 1.33 bits per heavy atom. The van der Waals surface area contributed by atoms with Gasteiger partial charge < -0.3 is 20.4 Å². The summed E-state index contributed by atoms with van der Waals surface area (Å²) in [5, 5.41) is 7.74. The summed E-state index contributed by atoms with van der Waals surface area (Å²) in [5.41, 5.74) is 0.817. The molecule has 24 heavy (non-hydrogen) atoms. The van der Waals surface area contributed by atoms with E-state index in [-0.39, 0.29) is 18.4 Å². The second-order valence-corrected chi connectivity index (χ2v) is 4.84. The van der Waals surface area contributed by atoms with Crippen molar-refractivity contribution in [2.45, 2.75) is 19.9 Å². The van der Waals surface area contributed by atoms with Crippen LogP contribution in [0.4, 0.5) is 11.8 Å². The molecule has 11 heteroatoms. The van der Waals surface area contributed by atoms with Gasteiger partial charge in [0.1, 0.15) is 11.6 Å². The van der Waals surface area contributed by atoms with Crippen LogP contribution in [-0.2, 0) is 19.1 Å². The smallest absolute Gasteiger partial charge is 0.328 e. The molecule has 11 nitrogen and oxygen atoms in total. The number of aromatic amines is 1. The van der Waals surface area contributed by atoms with E-state index in [9.17, 15) is 14.4 Å². The molecule has 1 atom stereocenters. The summed E-state index contributed by atoms with van der Waals surface area (Å²) < 4.78 is 4.53. The molecule has 0 aromatic carbocycles. The van der Waals surface area contributed by atoms with Gasteiger partial charge in [0.2, 0.25) is 17.8 Å². The number of carbonyl (C=O) groups is 3. The van der Waals surface area contributed by atoms with Crippen LogP contribution in [0.5, 0.6) is 0 Å². The number of nitrogens with one attached hydrogen (secondary N) is 4. The zero-order valence-corrected chi connectivity index (χ0v) is 13.3. The van der Waals surface area contributed by atoms with E-state index in [1.54, 1.807) is 0 Å². The number of hydrogen-bond donors (Lipinski definition) is 4. The SMILES string of the molecule is COC(=O)[C@H](C)NC(=O)CNc1nc(NC(C)=O)nc2nc[nH]c12. The molecule has 0 saturated carbocycles. The van der Waals surface area contributed by atoms with Crippen molar-refractivity contribution in [3.63, 3.8) is 0 Å². The standard InChI is InChI=1S/C13H17N7O4/c1-6(12(23)24-3)17-8(22)4-14-10-9-11(16-5-15-9)20-13(19-10)18-7(2)21/h5-6H,4H2,1-3H3,(H,17,22)(H3,14,15,16,18,19,20,21)/t6-/m0/s1. The Kier molecular flexibility index (Phi) is 5.24. The van der Waals surface area contributed by atoms with Crippen LogP contribution in [0, 0.1) is 0 Å². The Morgan fingerprint density at radius 3 is 2.75 bits per heavy atom. The third kappa shape index (κ3) is 4.15. The number of imidazole rings is 1. The van der Waals surface area contributed by atoms with Gasteiger partial charge in [-0.05, 0) is 6.92 Å². The summed E-state index contributed by atoms with van der Waals surface area (Å²) in [4.78, 5) is 49.3. The molecule has 2 aromatic rings. The van der Waals surface area contributed by atoms with E-state index >= 15 is 0 Å². The number of aromatic nitrogens is 4. The molecular weight excluding hydrogens is 318 g/mol. The minimum absolute atomic E-state index is 0.0629. The number of nitrogens with zero attached hydrogens (tertiary/aromatic N) is 3. The molecule has 2 amide bonds. The van der Waals surface area contributed by atoms with Crippen molar-refractivity contribution in [2.75, 3.05) is 24.3 Å². The first kappa shape index (κ1) is 17.1. The number of hydrogen-bond acceptors (Lipinski definition) is 8. The zero-order chi connectivity index (χ0) is 17.7. The summed E-state index contributed by atoms with van der Waals surface area (Å²) in [7, 11) is 1.24. The molecule has 0 saturated heterocycles. The average Bonchev–Trinajstić information content (AvgIpc) is 2.99. The zero-order valence-electron chi connectivity index (χ0n) is 13.3. The molecule has 4 N–H and O–H groups in total. The maximum Gasteiger partial charge on any atom is 0.328 e. The molecule has 0 radical (unpaired) electrons. The highest BCUT2D eigenvalue weighted by molar-refractivity contribution is 5.91. The number of fused-ring (bicyclic) bond motifs is 1. The van der Waals surface area contributed by atoms with Gasteiger partial charge in [-0.25, -0.2) is 9.78 Å². The van der Waals surface area contributed by atoms with Gasteiger partial charge in [0.05, 0.1) is 20.0 Å². The van der Waals surface area contributed by atoms with Crippen LogP contribution >= 0.6 is 0 Å². The van der Waals surface area contributed by atoms with E-state index in [2.05, 4.69) is 40.6 Å². The Bertz CT molecular complexity index is 773. The maximum atomic E-state index is 11.9. The van der Waals surface area contributed by atoms with Crippen LogP contribution in [0.1, 0.15) is 13.8 Å².